The lowest BCUT2D eigenvalue weighted by molar-refractivity contribution is -0.0367. The average Bonchev–Trinajstić information content (AvgIpc) is 2.54. The normalized spacial score (nSPS) is 34.2. The Balaban J connectivity index is 1.97. The highest BCUT2D eigenvalue weighted by Crippen LogP contribution is 2.45. The molecule has 1 saturated heterocycles. The van der Waals surface area contributed by atoms with Crippen LogP contribution in [0.25, 0.3) is 0 Å². The van der Waals surface area contributed by atoms with Crippen molar-refractivity contribution in [1.82, 2.24) is 0 Å². The molecule has 1 aliphatic heterocycles. The van der Waals surface area contributed by atoms with Crippen molar-refractivity contribution in [2.24, 2.45) is 11.1 Å². The molecule has 3 nitrogen and oxygen atoms in total. The van der Waals surface area contributed by atoms with Crippen LogP contribution in [0.5, 0.6) is 0 Å². The van der Waals surface area contributed by atoms with E-state index in [-0.39, 0.29) is 24.2 Å². The van der Waals surface area contributed by atoms with Crippen LogP contribution in [0.2, 0.25) is 0 Å². The second-order valence-electron chi connectivity index (χ2n) is 4.45. The SMILES string of the molecule is N[C@@H]([C@@H]1CCCO1)C1(CO)CCC1. The van der Waals surface area contributed by atoms with E-state index in [0.29, 0.717) is 0 Å². The molecule has 2 aliphatic rings. The summed E-state index contributed by atoms with van der Waals surface area (Å²) in [5.41, 5.74) is 6.14. The number of nitrogens with two attached hydrogens (primary N) is 1. The van der Waals surface area contributed by atoms with Gasteiger partial charge in [0, 0.05) is 18.1 Å². The fourth-order valence-corrected chi connectivity index (χ4v) is 2.51. The Bertz CT molecular complexity index is 168. The average molecular weight is 185 g/mol. The maximum atomic E-state index is 9.33. The lowest BCUT2D eigenvalue weighted by Crippen LogP contribution is -2.55. The van der Waals surface area contributed by atoms with E-state index < -0.39 is 0 Å². The summed E-state index contributed by atoms with van der Waals surface area (Å²) in [7, 11) is 0. The predicted molar refractivity (Wildman–Crippen MR) is 50.3 cm³/mol. The molecule has 0 radical (unpaired) electrons. The van der Waals surface area contributed by atoms with Gasteiger partial charge in [0.25, 0.3) is 0 Å². The predicted octanol–water partition coefficient (Wildman–Crippen LogP) is 0.655. The third-order valence-electron chi connectivity index (χ3n) is 3.74. The van der Waals surface area contributed by atoms with Gasteiger partial charge in [-0.1, -0.05) is 6.42 Å². The Morgan fingerprint density at radius 3 is 2.62 bits per heavy atom. The lowest BCUT2D eigenvalue weighted by Gasteiger charge is -2.46. The van der Waals surface area contributed by atoms with Gasteiger partial charge in [-0.25, -0.2) is 0 Å². The Hall–Kier alpha value is -0.120. The summed E-state index contributed by atoms with van der Waals surface area (Å²) in [4.78, 5) is 0. The molecule has 0 amide bonds. The van der Waals surface area contributed by atoms with Gasteiger partial charge >= 0.3 is 0 Å². The van der Waals surface area contributed by atoms with Gasteiger partial charge in [-0.2, -0.15) is 0 Å². The highest BCUT2D eigenvalue weighted by Gasteiger charge is 2.45. The molecule has 0 aromatic heterocycles. The van der Waals surface area contributed by atoms with Gasteiger partial charge in [-0.15, -0.1) is 0 Å². The lowest BCUT2D eigenvalue weighted by atomic mass is 9.63. The zero-order valence-electron chi connectivity index (χ0n) is 8.04. The van der Waals surface area contributed by atoms with Gasteiger partial charge in [-0.3, -0.25) is 0 Å². The van der Waals surface area contributed by atoms with Crippen LogP contribution < -0.4 is 5.73 Å². The van der Waals surface area contributed by atoms with Gasteiger partial charge < -0.3 is 15.6 Å². The van der Waals surface area contributed by atoms with E-state index in [2.05, 4.69) is 0 Å². The molecular weight excluding hydrogens is 166 g/mol. The summed E-state index contributed by atoms with van der Waals surface area (Å²) in [6.07, 6.45) is 5.76. The Labute approximate surface area is 79.3 Å². The second kappa shape index (κ2) is 3.56. The van der Waals surface area contributed by atoms with Crippen LogP contribution in [0, 0.1) is 5.41 Å². The molecule has 0 unspecified atom stereocenters. The molecule has 13 heavy (non-hydrogen) atoms. The molecule has 3 N–H and O–H groups in total. The van der Waals surface area contributed by atoms with Crippen LogP contribution in [0.1, 0.15) is 32.1 Å². The molecule has 0 aromatic carbocycles. The van der Waals surface area contributed by atoms with Crippen LogP contribution >= 0.6 is 0 Å². The van der Waals surface area contributed by atoms with Crippen molar-refractivity contribution in [3.63, 3.8) is 0 Å². The third kappa shape index (κ3) is 1.49. The zero-order chi connectivity index (χ0) is 9.31. The zero-order valence-corrected chi connectivity index (χ0v) is 8.04. The van der Waals surface area contributed by atoms with Crippen molar-refractivity contribution < 1.29 is 9.84 Å². The smallest absolute Gasteiger partial charge is 0.0733 e. The van der Waals surface area contributed by atoms with Crippen molar-refractivity contribution in [1.29, 1.82) is 0 Å². The fraction of sp³-hybridized carbons (Fsp3) is 1.00. The molecule has 1 saturated carbocycles. The molecular formula is C10H19NO2. The van der Waals surface area contributed by atoms with Crippen molar-refractivity contribution in [3.05, 3.63) is 0 Å². The molecule has 2 atom stereocenters. The highest BCUT2D eigenvalue weighted by atomic mass is 16.5. The van der Waals surface area contributed by atoms with E-state index in [1.165, 1.54) is 6.42 Å². The Morgan fingerprint density at radius 2 is 2.23 bits per heavy atom. The number of hydrogen-bond acceptors (Lipinski definition) is 3. The number of hydrogen-bond donors (Lipinski definition) is 2. The van der Waals surface area contributed by atoms with Gasteiger partial charge in [0.15, 0.2) is 0 Å². The molecule has 0 aromatic rings. The van der Waals surface area contributed by atoms with Crippen LogP contribution in [0.15, 0.2) is 0 Å². The molecule has 1 heterocycles. The molecule has 0 bridgehead atoms. The van der Waals surface area contributed by atoms with Crippen molar-refractivity contribution in [2.45, 2.75) is 44.2 Å². The third-order valence-corrected chi connectivity index (χ3v) is 3.74. The first kappa shape index (κ1) is 9.44. The molecule has 76 valence electrons. The summed E-state index contributed by atoms with van der Waals surface area (Å²) in [6.45, 7) is 1.08. The van der Waals surface area contributed by atoms with Gasteiger partial charge in [0.2, 0.25) is 0 Å². The molecule has 3 heteroatoms. The number of rotatable bonds is 3. The Kier molecular flexibility index (Phi) is 2.58. The van der Waals surface area contributed by atoms with E-state index in [1.807, 2.05) is 0 Å². The van der Waals surface area contributed by atoms with E-state index >= 15 is 0 Å². The van der Waals surface area contributed by atoms with Crippen molar-refractivity contribution >= 4 is 0 Å². The van der Waals surface area contributed by atoms with E-state index in [0.717, 1.165) is 32.3 Å². The van der Waals surface area contributed by atoms with E-state index in [9.17, 15) is 5.11 Å². The summed E-state index contributed by atoms with van der Waals surface area (Å²) in [5, 5.41) is 9.33. The van der Waals surface area contributed by atoms with E-state index in [1.54, 1.807) is 0 Å². The molecule has 0 spiro atoms. The first-order valence-corrected chi connectivity index (χ1v) is 5.26. The summed E-state index contributed by atoms with van der Waals surface area (Å²) in [6, 6.07) is 0.0498. The van der Waals surface area contributed by atoms with Crippen LogP contribution in [0.3, 0.4) is 0 Å². The minimum absolute atomic E-state index is 0.00495. The first-order valence-electron chi connectivity index (χ1n) is 5.26. The second-order valence-corrected chi connectivity index (χ2v) is 4.45. The van der Waals surface area contributed by atoms with Crippen LogP contribution in [-0.2, 0) is 4.74 Å². The first-order chi connectivity index (χ1) is 6.28. The summed E-state index contributed by atoms with van der Waals surface area (Å²) >= 11 is 0. The molecule has 1 aliphatic carbocycles. The number of aliphatic hydroxyl groups excluding tert-OH is 1. The fourth-order valence-electron chi connectivity index (χ4n) is 2.51. The van der Waals surface area contributed by atoms with Gasteiger partial charge in [0.1, 0.15) is 0 Å². The van der Waals surface area contributed by atoms with Crippen LogP contribution in [-0.4, -0.2) is 30.5 Å². The van der Waals surface area contributed by atoms with Gasteiger partial charge in [0.05, 0.1) is 12.7 Å². The van der Waals surface area contributed by atoms with Crippen molar-refractivity contribution in [2.75, 3.05) is 13.2 Å². The quantitative estimate of drug-likeness (QED) is 0.679. The number of aliphatic hydroxyl groups is 1. The standard InChI is InChI=1S/C10H19NO2/c11-9(8-3-1-6-13-8)10(7-12)4-2-5-10/h8-9,12H,1-7,11H2/t8-,9-/m0/s1. The minimum atomic E-state index is -0.00495. The number of ether oxygens (including phenoxy) is 1. The summed E-state index contributed by atoms with van der Waals surface area (Å²) < 4.78 is 5.56. The highest BCUT2D eigenvalue weighted by molar-refractivity contribution is 4.99. The van der Waals surface area contributed by atoms with Crippen LogP contribution in [0.4, 0.5) is 0 Å². The maximum Gasteiger partial charge on any atom is 0.0733 e. The monoisotopic (exact) mass is 185 g/mol. The molecule has 2 rings (SSSR count). The largest absolute Gasteiger partial charge is 0.396 e. The Morgan fingerprint density at radius 1 is 1.46 bits per heavy atom. The minimum Gasteiger partial charge on any atom is -0.396 e. The maximum absolute atomic E-state index is 9.33. The van der Waals surface area contributed by atoms with E-state index in [4.69, 9.17) is 10.5 Å². The molecule has 2 fully saturated rings. The topological polar surface area (TPSA) is 55.5 Å². The summed E-state index contributed by atoms with van der Waals surface area (Å²) in [5.74, 6) is 0. The van der Waals surface area contributed by atoms with Crippen molar-refractivity contribution in [3.8, 4) is 0 Å². The van der Waals surface area contributed by atoms with Gasteiger partial charge in [-0.05, 0) is 25.7 Å².